The molecule has 0 atom stereocenters. The van der Waals surface area contributed by atoms with E-state index in [1.54, 1.807) is 0 Å². The number of piperidine rings is 1. The van der Waals surface area contributed by atoms with Crippen molar-refractivity contribution in [1.29, 1.82) is 0 Å². The molecule has 0 radical (unpaired) electrons. The Labute approximate surface area is 118 Å². The van der Waals surface area contributed by atoms with E-state index in [2.05, 4.69) is 5.32 Å². The first-order valence-electron chi connectivity index (χ1n) is 6.63. The highest BCUT2D eigenvalue weighted by Gasteiger charge is 2.64. The number of halogens is 5. The molecule has 1 aliphatic heterocycles. The molecule has 4 nitrogen and oxygen atoms in total. The zero-order valence-electron chi connectivity index (χ0n) is 11.5. The molecule has 1 fully saturated rings. The van der Waals surface area contributed by atoms with E-state index in [1.807, 2.05) is 6.92 Å². The molecule has 122 valence electrons. The van der Waals surface area contributed by atoms with Crippen LogP contribution in [0.4, 0.5) is 22.0 Å². The Balaban J connectivity index is 2.53. The predicted octanol–water partition coefficient (Wildman–Crippen LogP) is 2.09. The fourth-order valence-corrected chi connectivity index (χ4v) is 2.07. The number of amides is 2. The molecule has 1 saturated heterocycles. The molecule has 1 heterocycles. The van der Waals surface area contributed by atoms with Crippen molar-refractivity contribution in [2.75, 3.05) is 13.1 Å². The van der Waals surface area contributed by atoms with Crippen LogP contribution in [0.1, 0.15) is 32.6 Å². The third-order valence-electron chi connectivity index (χ3n) is 3.25. The third-order valence-corrected chi connectivity index (χ3v) is 3.25. The molecule has 2 amide bonds. The van der Waals surface area contributed by atoms with Gasteiger partial charge in [0.25, 0.3) is 0 Å². The Morgan fingerprint density at radius 1 is 1.14 bits per heavy atom. The normalized spacial score (nSPS) is 17.7. The van der Waals surface area contributed by atoms with Crippen LogP contribution in [0.3, 0.4) is 0 Å². The number of hydrogen-bond donors (Lipinski definition) is 1. The molecule has 21 heavy (non-hydrogen) atoms. The summed E-state index contributed by atoms with van der Waals surface area (Å²) in [5.74, 6) is -7.79. The van der Waals surface area contributed by atoms with Gasteiger partial charge in [0.15, 0.2) is 0 Å². The summed E-state index contributed by atoms with van der Waals surface area (Å²) in [6, 6.07) is -0.299. The molecular weight excluding hydrogens is 299 g/mol. The van der Waals surface area contributed by atoms with Crippen molar-refractivity contribution in [3.05, 3.63) is 0 Å². The number of carbonyl (C=O) groups is 2. The van der Waals surface area contributed by atoms with E-state index in [-0.39, 0.29) is 37.9 Å². The molecule has 1 rings (SSSR count). The van der Waals surface area contributed by atoms with Gasteiger partial charge in [-0.3, -0.25) is 9.59 Å². The molecular formula is C12H17F5N2O2. The highest BCUT2D eigenvalue weighted by Crippen LogP contribution is 2.37. The molecule has 0 aromatic rings. The summed E-state index contributed by atoms with van der Waals surface area (Å²) in [5, 5.41) is 2.66. The van der Waals surface area contributed by atoms with E-state index in [1.165, 1.54) is 0 Å². The highest BCUT2D eigenvalue weighted by molar-refractivity contribution is 5.84. The van der Waals surface area contributed by atoms with Gasteiger partial charge in [-0.1, -0.05) is 6.92 Å². The first-order chi connectivity index (χ1) is 9.59. The second-order valence-electron chi connectivity index (χ2n) is 4.96. The van der Waals surface area contributed by atoms with Crippen molar-refractivity contribution in [2.45, 2.75) is 50.7 Å². The molecule has 0 spiro atoms. The maximum absolute atomic E-state index is 12.9. The Bertz CT molecular complexity index is 390. The first-order valence-corrected chi connectivity index (χ1v) is 6.63. The topological polar surface area (TPSA) is 49.4 Å². The van der Waals surface area contributed by atoms with Gasteiger partial charge in [0.05, 0.1) is 0 Å². The van der Waals surface area contributed by atoms with Crippen LogP contribution in [-0.2, 0) is 9.59 Å². The lowest BCUT2D eigenvalue weighted by Gasteiger charge is -2.34. The minimum absolute atomic E-state index is 0.162. The Morgan fingerprint density at radius 3 is 2.10 bits per heavy atom. The maximum Gasteiger partial charge on any atom is 0.463 e. The Morgan fingerprint density at radius 2 is 1.67 bits per heavy atom. The summed E-state index contributed by atoms with van der Waals surface area (Å²) in [7, 11) is 0. The second kappa shape index (κ2) is 6.57. The Hall–Kier alpha value is -1.41. The van der Waals surface area contributed by atoms with Crippen LogP contribution in [0.25, 0.3) is 0 Å². The van der Waals surface area contributed by atoms with Gasteiger partial charge in [-0.15, -0.1) is 0 Å². The average molecular weight is 316 g/mol. The summed E-state index contributed by atoms with van der Waals surface area (Å²) in [6.07, 6.45) is -4.59. The van der Waals surface area contributed by atoms with Gasteiger partial charge in [0, 0.05) is 25.6 Å². The van der Waals surface area contributed by atoms with Crippen molar-refractivity contribution in [3.63, 3.8) is 0 Å². The zero-order valence-corrected chi connectivity index (χ0v) is 11.5. The number of rotatable bonds is 4. The van der Waals surface area contributed by atoms with E-state index in [4.69, 9.17) is 0 Å². The van der Waals surface area contributed by atoms with Crippen molar-refractivity contribution < 1.29 is 31.5 Å². The molecule has 0 aromatic carbocycles. The SMILES string of the molecule is CCCC(=O)NC1CCN(C(=O)C(F)(F)C(F)(F)F)CC1. The summed E-state index contributed by atoms with van der Waals surface area (Å²) in [4.78, 5) is 23.1. The van der Waals surface area contributed by atoms with Gasteiger partial charge < -0.3 is 10.2 Å². The Kier molecular flexibility index (Phi) is 5.52. The van der Waals surface area contributed by atoms with Gasteiger partial charge in [-0.25, -0.2) is 0 Å². The molecule has 9 heteroatoms. The fraction of sp³-hybridized carbons (Fsp3) is 0.833. The van der Waals surface area contributed by atoms with Crippen molar-refractivity contribution >= 4 is 11.8 Å². The molecule has 0 saturated carbocycles. The number of carbonyl (C=O) groups excluding carboxylic acids is 2. The van der Waals surface area contributed by atoms with Gasteiger partial charge in [0.2, 0.25) is 5.91 Å². The van der Waals surface area contributed by atoms with E-state index in [0.29, 0.717) is 17.7 Å². The standard InChI is InChI=1S/C12H17F5N2O2/c1-2-3-9(20)18-8-4-6-19(7-5-8)10(21)11(13,14)12(15,16)17/h8H,2-7H2,1H3,(H,18,20). The van der Waals surface area contributed by atoms with Crippen LogP contribution in [0, 0.1) is 0 Å². The number of hydrogen-bond acceptors (Lipinski definition) is 2. The molecule has 0 bridgehead atoms. The van der Waals surface area contributed by atoms with Crippen molar-refractivity contribution in [3.8, 4) is 0 Å². The van der Waals surface area contributed by atoms with Gasteiger partial charge >= 0.3 is 18.0 Å². The largest absolute Gasteiger partial charge is 0.463 e. The quantitative estimate of drug-likeness (QED) is 0.808. The zero-order chi connectivity index (χ0) is 16.3. The van der Waals surface area contributed by atoms with Crippen LogP contribution in [0.15, 0.2) is 0 Å². The molecule has 1 aliphatic rings. The third kappa shape index (κ3) is 4.28. The predicted molar refractivity (Wildman–Crippen MR) is 63.7 cm³/mol. The van der Waals surface area contributed by atoms with E-state index >= 15 is 0 Å². The number of nitrogens with zero attached hydrogens (tertiary/aromatic N) is 1. The summed E-state index contributed by atoms with van der Waals surface area (Å²) < 4.78 is 62.2. The van der Waals surface area contributed by atoms with Crippen molar-refractivity contribution in [1.82, 2.24) is 10.2 Å². The van der Waals surface area contributed by atoms with Gasteiger partial charge in [-0.2, -0.15) is 22.0 Å². The lowest BCUT2D eigenvalue weighted by molar-refractivity contribution is -0.274. The average Bonchev–Trinajstić information content (AvgIpc) is 2.37. The van der Waals surface area contributed by atoms with Crippen LogP contribution in [0.2, 0.25) is 0 Å². The second-order valence-corrected chi connectivity index (χ2v) is 4.96. The minimum Gasteiger partial charge on any atom is -0.353 e. The highest BCUT2D eigenvalue weighted by atomic mass is 19.4. The van der Waals surface area contributed by atoms with Crippen LogP contribution in [-0.4, -0.2) is 47.9 Å². The number of likely N-dealkylation sites (tertiary alicyclic amines) is 1. The summed E-state index contributed by atoms with van der Waals surface area (Å²) >= 11 is 0. The van der Waals surface area contributed by atoms with Gasteiger partial charge in [-0.05, 0) is 19.3 Å². The monoisotopic (exact) mass is 316 g/mol. The molecule has 1 N–H and O–H groups in total. The summed E-state index contributed by atoms with van der Waals surface area (Å²) in [5.41, 5.74) is 0. The van der Waals surface area contributed by atoms with E-state index < -0.39 is 18.0 Å². The maximum atomic E-state index is 12.9. The number of nitrogens with one attached hydrogen (secondary N) is 1. The summed E-state index contributed by atoms with van der Waals surface area (Å²) in [6.45, 7) is 1.35. The van der Waals surface area contributed by atoms with Crippen molar-refractivity contribution in [2.24, 2.45) is 0 Å². The van der Waals surface area contributed by atoms with Crippen LogP contribution >= 0.6 is 0 Å². The minimum atomic E-state index is -5.89. The fourth-order valence-electron chi connectivity index (χ4n) is 2.07. The van der Waals surface area contributed by atoms with E-state index in [9.17, 15) is 31.5 Å². The first kappa shape index (κ1) is 17.6. The smallest absolute Gasteiger partial charge is 0.353 e. The van der Waals surface area contributed by atoms with E-state index in [0.717, 1.165) is 0 Å². The molecule has 0 unspecified atom stereocenters. The van der Waals surface area contributed by atoms with Crippen LogP contribution < -0.4 is 5.32 Å². The molecule has 0 aliphatic carbocycles. The van der Waals surface area contributed by atoms with Crippen LogP contribution in [0.5, 0.6) is 0 Å². The lowest BCUT2D eigenvalue weighted by Crippen LogP contribution is -2.55. The number of alkyl halides is 5. The van der Waals surface area contributed by atoms with Gasteiger partial charge in [0.1, 0.15) is 0 Å². The lowest BCUT2D eigenvalue weighted by atomic mass is 10.0. The molecule has 0 aromatic heterocycles.